The molecule has 1 heterocycles. The molecule has 0 aliphatic rings. The standard InChI is InChI=1S/C23H26N4O2S/c1-5-11-27-22(18(4)29-20-13-16(2)12-17(3)14-20)25-26-23(27)30-15-21(28)24-19-9-7-6-8-10-19/h5-10,12-14,18H,1,11,15H2,2-4H3,(H,24,28)/t18-/m1/s1. The largest absolute Gasteiger partial charge is 0.483 e. The minimum atomic E-state index is -0.300. The summed E-state index contributed by atoms with van der Waals surface area (Å²) >= 11 is 1.34. The number of rotatable bonds is 9. The van der Waals surface area contributed by atoms with Crippen molar-refractivity contribution < 1.29 is 9.53 Å². The highest BCUT2D eigenvalue weighted by Gasteiger charge is 2.20. The summed E-state index contributed by atoms with van der Waals surface area (Å²) in [4.78, 5) is 12.3. The van der Waals surface area contributed by atoms with E-state index in [0.29, 0.717) is 17.5 Å². The minimum absolute atomic E-state index is 0.0968. The summed E-state index contributed by atoms with van der Waals surface area (Å²) in [5.41, 5.74) is 3.06. The molecule has 1 aromatic heterocycles. The molecule has 7 heteroatoms. The summed E-state index contributed by atoms with van der Waals surface area (Å²) in [5.74, 6) is 1.63. The van der Waals surface area contributed by atoms with E-state index in [0.717, 1.165) is 22.6 Å². The molecular formula is C23H26N4O2S. The molecular weight excluding hydrogens is 396 g/mol. The van der Waals surface area contributed by atoms with Gasteiger partial charge in [0.1, 0.15) is 5.75 Å². The molecule has 0 aliphatic heterocycles. The zero-order valence-corrected chi connectivity index (χ0v) is 18.3. The lowest BCUT2D eigenvalue weighted by Gasteiger charge is -2.16. The van der Waals surface area contributed by atoms with Gasteiger partial charge in [0, 0.05) is 12.2 Å². The van der Waals surface area contributed by atoms with Gasteiger partial charge in [-0.15, -0.1) is 16.8 Å². The van der Waals surface area contributed by atoms with Crippen LogP contribution in [0.15, 0.2) is 66.3 Å². The minimum Gasteiger partial charge on any atom is -0.483 e. The second-order valence-corrected chi connectivity index (χ2v) is 7.97. The Bertz CT molecular complexity index is 997. The lowest BCUT2D eigenvalue weighted by atomic mass is 10.1. The van der Waals surface area contributed by atoms with Crippen LogP contribution in [-0.2, 0) is 11.3 Å². The molecule has 0 unspecified atom stereocenters. The number of hydrogen-bond acceptors (Lipinski definition) is 5. The number of anilines is 1. The third kappa shape index (κ3) is 5.73. The molecule has 0 fully saturated rings. The van der Waals surface area contributed by atoms with E-state index >= 15 is 0 Å². The third-order valence-corrected chi connectivity index (χ3v) is 5.29. The highest BCUT2D eigenvalue weighted by molar-refractivity contribution is 7.99. The Morgan fingerprint density at radius 1 is 1.20 bits per heavy atom. The van der Waals surface area contributed by atoms with Crippen LogP contribution >= 0.6 is 11.8 Å². The molecule has 0 spiro atoms. The van der Waals surface area contributed by atoms with Crippen LogP contribution in [0.1, 0.15) is 30.0 Å². The fraction of sp³-hybridized carbons (Fsp3) is 0.261. The fourth-order valence-electron chi connectivity index (χ4n) is 3.11. The van der Waals surface area contributed by atoms with Gasteiger partial charge in [-0.3, -0.25) is 9.36 Å². The van der Waals surface area contributed by atoms with Crippen LogP contribution < -0.4 is 10.1 Å². The fourth-order valence-corrected chi connectivity index (χ4v) is 3.87. The van der Waals surface area contributed by atoms with E-state index in [1.807, 2.05) is 67.8 Å². The van der Waals surface area contributed by atoms with E-state index in [9.17, 15) is 4.79 Å². The number of hydrogen-bond donors (Lipinski definition) is 1. The monoisotopic (exact) mass is 422 g/mol. The Kier molecular flexibility index (Phi) is 7.30. The van der Waals surface area contributed by atoms with E-state index in [1.165, 1.54) is 11.8 Å². The van der Waals surface area contributed by atoms with Crippen molar-refractivity contribution in [2.45, 2.75) is 38.6 Å². The highest BCUT2D eigenvalue weighted by Crippen LogP contribution is 2.26. The SMILES string of the molecule is C=CCn1c(SCC(=O)Nc2ccccc2)nnc1[C@@H](C)Oc1cc(C)cc(C)c1. The van der Waals surface area contributed by atoms with Crippen molar-refractivity contribution in [1.29, 1.82) is 0 Å². The summed E-state index contributed by atoms with van der Waals surface area (Å²) in [6, 6.07) is 15.5. The zero-order valence-electron chi connectivity index (χ0n) is 17.5. The topological polar surface area (TPSA) is 69.0 Å². The summed E-state index contributed by atoms with van der Waals surface area (Å²) in [6.07, 6.45) is 1.48. The summed E-state index contributed by atoms with van der Waals surface area (Å²) in [6.45, 7) is 10.4. The molecule has 0 aliphatic carbocycles. The van der Waals surface area contributed by atoms with Gasteiger partial charge in [-0.25, -0.2) is 0 Å². The number of nitrogens with zero attached hydrogens (tertiary/aromatic N) is 3. The van der Waals surface area contributed by atoms with E-state index in [1.54, 1.807) is 6.08 Å². The first kappa shape index (κ1) is 21.6. The molecule has 0 radical (unpaired) electrons. The molecule has 1 N–H and O–H groups in total. The van der Waals surface area contributed by atoms with E-state index in [-0.39, 0.29) is 17.8 Å². The number of nitrogens with one attached hydrogen (secondary N) is 1. The van der Waals surface area contributed by atoms with Gasteiger partial charge in [0.2, 0.25) is 5.91 Å². The third-order valence-electron chi connectivity index (χ3n) is 4.32. The lowest BCUT2D eigenvalue weighted by molar-refractivity contribution is -0.113. The average molecular weight is 423 g/mol. The van der Waals surface area contributed by atoms with Crippen molar-refractivity contribution in [2.75, 3.05) is 11.1 Å². The molecule has 0 saturated carbocycles. The first-order valence-corrected chi connectivity index (χ1v) is 10.7. The summed E-state index contributed by atoms with van der Waals surface area (Å²) < 4.78 is 8.05. The number of para-hydroxylation sites is 1. The highest BCUT2D eigenvalue weighted by atomic mass is 32.2. The van der Waals surface area contributed by atoms with Crippen LogP contribution in [0.4, 0.5) is 5.69 Å². The summed E-state index contributed by atoms with van der Waals surface area (Å²) in [7, 11) is 0. The molecule has 30 heavy (non-hydrogen) atoms. The second-order valence-electron chi connectivity index (χ2n) is 7.03. The van der Waals surface area contributed by atoms with Crippen LogP contribution in [0, 0.1) is 13.8 Å². The first-order valence-electron chi connectivity index (χ1n) is 9.73. The van der Waals surface area contributed by atoms with Crippen molar-refractivity contribution >= 4 is 23.4 Å². The smallest absolute Gasteiger partial charge is 0.234 e. The normalized spacial score (nSPS) is 11.7. The van der Waals surface area contributed by atoms with Crippen LogP contribution in [0.3, 0.4) is 0 Å². The van der Waals surface area contributed by atoms with Gasteiger partial charge in [-0.2, -0.15) is 0 Å². The Morgan fingerprint density at radius 2 is 1.90 bits per heavy atom. The quantitative estimate of drug-likeness (QED) is 0.390. The Labute approximate surface area is 181 Å². The molecule has 3 rings (SSSR count). The number of benzene rings is 2. The van der Waals surface area contributed by atoms with Gasteiger partial charge in [-0.05, 0) is 56.2 Å². The van der Waals surface area contributed by atoms with Crippen LogP contribution in [-0.4, -0.2) is 26.4 Å². The molecule has 6 nitrogen and oxygen atoms in total. The van der Waals surface area contributed by atoms with Crippen molar-refractivity contribution in [3.05, 3.63) is 78.1 Å². The molecule has 3 aromatic rings. The number of ether oxygens (including phenoxy) is 1. The molecule has 0 saturated heterocycles. The number of amides is 1. The Balaban J connectivity index is 1.69. The van der Waals surface area contributed by atoms with E-state index < -0.39 is 0 Å². The maximum Gasteiger partial charge on any atom is 0.234 e. The first-order chi connectivity index (χ1) is 14.5. The zero-order chi connectivity index (χ0) is 21.5. The Hall–Kier alpha value is -3.06. The molecule has 1 atom stereocenters. The van der Waals surface area contributed by atoms with Crippen molar-refractivity contribution in [3.8, 4) is 5.75 Å². The van der Waals surface area contributed by atoms with Gasteiger partial charge in [0.05, 0.1) is 5.75 Å². The number of thioether (sulfide) groups is 1. The number of carbonyl (C=O) groups is 1. The van der Waals surface area contributed by atoms with Crippen LogP contribution in [0.5, 0.6) is 5.75 Å². The van der Waals surface area contributed by atoms with Crippen molar-refractivity contribution in [2.24, 2.45) is 0 Å². The number of allylic oxidation sites excluding steroid dienone is 1. The maximum absolute atomic E-state index is 12.3. The van der Waals surface area contributed by atoms with Gasteiger partial charge >= 0.3 is 0 Å². The van der Waals surface area contributed by atoms with Crippen LogP contribution in [0.25, 0.3) is 0 Å². The summed E-state index contributed by atoms with van der Waals surface area (Å²) in [5, 5.41) is 12.1. The van der Waals surface area contributed by atoms with Crippen LogP contribution in [0.2, 0.25) is 0 Å². The van der Waals surface area contributed by atoms with Gasteiger partial charge in [-0.1, -0.05) is 42.1 Å². The predicted octanol–water partition coefficient (Wildman–Crippen LogP) is 4.95. The second kappa shape index (κ2) is 10.1. The van der Waals surface area contributed by atoms with E-state index in [2.05, 4.69) is 28.2 Å². The molecule has 0 bridgehead atoms. The predicted molar refractivity (Wildman–Crippen MR) is 121 cm³/mol. The molecule has 2 aromatic carbocycles. The number of aryl methyl sites for hydroxylation is 2. The maximum atomic E-state index is 12.3. The number of carbonyl (C=O) groups excluding carboxylic acids is 1. The van der Waals surface area contributed by atoms with Gasteiger partial charge in [0.15, 0.2) is 17.1 Å². The van der Waals surface area contributed by atoms with Gasteiger partial charge in [0.25, 0.3) is 0 Å². The van der Waals surface area contributed by atoms with E-state index in [4.69, 9.17) is 4.74 Å². The van der Waals surface area contributed by atoms with Crippen molar-refractivity contribution in [3.63, 3.8) is 0 Å². The Morgan fingerprint density at radius 3 is 2.57 bits per heavy atom. The van der Waals surface area contributed by atoms with Gasteiger partial charge < -0.3 is 10.1 Å². The lowest BCUT2D eigenvalue weighted by Crippen LogP contribution is -2.15. The van der Waals surface area contributed by atoms with Crippen molar-refractivity contribution in [1.82, 2.24) is 14.8 Å². The average Bonchev–Trinajstić information content (AvgIpc) is 3.09. The molecule has 156 valence electrons. The molecule has 1 amide bonds. The number of aromatic nitrogens is 3.